The number of nitrogens with zero attached hydrogens (tertiary/aromatic N) is 4. The van der Waals surface area contributed by atoms with Gasteiger partial charge in [0.15, 0.2) is 5.82 Å². The van der Waals surface area contributed by atoms with Crippen LogP contribution < -0.4 is 0 Å². The van der Waals surface area contributed by atoms with Gasteiger partial charge in [-0.3, -0.25) is 9.59 Å². The number of hydrogen-bond acceptors (Lipinski definition) is 5. The topological polar surface area (TPSA) is 79.5 Å². The lowest BCUT2D eigenvalue weighted by Gasteiger charge is -2.39. The molecule has 7 heteroatoms. The van der Waals surface area contributed by atoms with Crippen LogP contribution in [0.3, 0.4) is 0 Å². The lowest BCUT2D eigenvalue weighted by atomic mass is 10.00. The highest BCUT2D eigenvalue weighted by atomic mass is 16.5. The molecule has 2 fully saturated rings. The van der Waals surface area contributed by atoms with Gasteiger partial charge in [0.05, 0.1) is 0 Å². The monoisotopic (exact) mass is 390 g/mol. The van der Waals surface area contributed by atoms with E-state index < -0.39 is 0 Å². The molecular weight excluding hydrogens is 356 g/mol. The lowest BCUT2D eigenvalue weighted by molar-refractivity contribution is -0.141. The second-order valence-electron chi connectivity index (χ2n) is 8.73. The SMILES string of the molecule is CC(=O)N(CCc1noc(CC(C)C)n1)C1CCCN(C(=O)C2CCCC2)C1. The van der Waals surface area contributed by atoms with Crippen molar-refractivity contribution in [2.45, 2.75) is 78.2 Å². The highest BCUT2D eigenvalue weighted by Gasteiger charge is 2.33. The van der Waals surface area contributed by atoms with Crippen molar-refractivity contribution in [3.05, 3.63) is 11.7 Å². The maximum atomic E-state index is 12.8. The Labute approximate surface area is 167 Å². The summed E-state index contributed by atoms with van der Waals surface area (Å²) in [6.45, 7) is 7.87. The van der Waals surface area contributed by atoms with Gasteiger partial charge in [-0.2, -0.15) is 4.98 Å². The van der Waals surface area contributed by atoms with E-state index in [0.717, 1.165) is 51.5 Å². The van der Waals surface area contributed by atoms with Gasteiger partial charge in [0.2, 0.25) is 17.7 Å². The molecule has 2 aliphatic rings. The molecule has 1 saturated heterocycles. The van der Waals surface area contributed by atoms with Gasteiger partial charge in [0.1, 0.15) is 0 Å². The first-order valence-corrected chi connectivity index (χ1v) is 10.8. The molecule has 7 nitrogen and oxygen atoms in total. The summed E-state index contributed by atoms with van der Waals surface area (Å²) in [7, 11) is 0. The molecule has 2 amide bonds. The Morgan fingerprint density at radius 1 is 1.21 bits per heavy atom. The first kappa shape index (κ1) is 20.8. The van der Waals surface area contributed by atoms with E-state index in [-0.39, 0.29) is 17.9 Å². The van der Waals surface area contributed by atoms with Crippen molar-refractivity contribution in [1.29, 1.82) is 0 Å². The Bertz CT molecular complexity index is 666. The summed E-state index contributed by atoms with van der Waals surface area (Å²) >= 11 is 0. The van der Waals surface area contributed by atoms with Gasteiger partial charge < -0.3 is 14.3 Å². The standard InChI is InChI=1S/C21H34N4O3/c1-15(2)13-20-22-19(23-28-20)10-12-25(16(3)26)18-9-6-11-24(14-18)21(27)17-7-4-5-8-17/h15,17-18H,4-14H2,1-3H3. The highest BCUT2D eigenvalue weighted by molar-refractivity contribution is 5.79. The molecule has 0 radical (unpaired) electrons. The maximum absolute atomic E-state index is 12.8. The van der Waals surface area contributed by atoms with E-state index >= 15 is 0 Å². The fourth-order valence-electron chi connectivity index (χ4n) is 4.48. The summed E-state index contributed by atoms with van der Waals surface area (Å²) in [6.07, 6.45) is 7.61. The number of likely N-dealkylation sites (tertiary alicyclic amines) is 1. The van der Waals surface area contributed by atoms with Crippen LogP contribution in [0.25, 0.3) is 0 Å². The number of aromatic nitrogens is 2. The van der Waals surface area contributed by atoms with Crippen molar-refractivity contribution in [2.24, 2.45) is 11.8 Å². The van der Waals surface area contributed by atoms with E-state index in [1.165, 1.54) is 0 Å². The van der Waals surface area contributed by atoms with Crippen molar-refractivity contribution in [3.8, 4) is 0 Å². The molecule has 1 aromatic heterocycles. The molecule has 1 saturated carbocycles. The molecule has 1 aliphatic heterocycles. The smallest absolute Gasteiger partial charge is 0.226 e. The predicted octanol–water partition coefficient (Wildman–Crippen LogP) is 2.84. The summed E-state index contributed by atoms with van der Waals surface area (Å²) in [4.78, 5) is 33.4. The molecule has 0 bridgehead atoms. The molecule has 0 aromatic carbocycles. The number of piperidine rings is 1. The van der Waals surface area contributed by atoms with Gasteiger partial charge in [-0.25, -0.2) is 0 Å². The summed E-state index contributed by atoms with van der Waals surface area (Å²) in [5.41, 5.74) is 0. The number of amides is 2. The summed E-state index contributed by atoms with van der Waals surface area (Å²) < 4.78 is 5.30. The summed E-state index contributed by atoms with van der Waals surface area (Å²) in [6, 6.07) is 0.0821. The molecule has 3 rings (SSSR count). The van der Waals surface area contributed by atoms with Crippen LogP contribution in [0, 0.1) is 11.8 Å². The van der Waals surface area contributed by atoms with Crippen molar-refractivity contribution in [2.75, 3.05) is 19.6 Å². The third-order valence-electron chi connectivity index (χ3n) is 5.93. The number of rotatable bonds is 7. The van der Waals surface area contributed by atoms with Crippen LogP contribution in [0.4, 0.5) is 0 Å². The third-order valence-corrected chi connectivity index (χ3v) is 5.93. The van der Waals surface area contributed by atoms with Crippen LogP contribution >= 0.6 is 0 Å². The van der Waals surface area contributed by atoms with E-state index in [2.05, 4.69) is 24.0 Å². The van der Waals surface area contributed by atoms with Gasteiger partial charge in [0.25, 0.3) is 0 Å². The third kappa shape index (κ3) is 5.32. The molecular formula is C21H34N4O3. The molecule has 2 heterocycles. The summed E-state index contributed by atoms with van der Waals surface area (Å²) in [5, 5.41) is 4.05. The molecule has 1 atom stereocenters. The van der Waals surface area contributed by atoms with E-state index in [4.69, 9.17) is 4.52 Å². The minimum atomic E-state index is 0.0473. The zero-order valence-corrected chi connectivity index (χ0v) is 17.5. The molecule has 1 unspecified atom stereocenters. The van der Waals surface area contributed by atoms with Gasteiger partial charge in [-0.05, 0) is 31.6 Å². The van der Waals surface area contributed by atoms with Crippen LogP contribution in [0.2, 0.25) is 0 Å². The van der Waals surface area contributed by atoms with Crippen LogP contribution in [0.5, 0.6) is 0 Å². The Balaban J connectivity index is 1.57. The largest absolute Gasteiger partial charge is 0.340 e. The lowest BCUT2D eigenvalue weighted by Crippen LogP contribution is -2.52. The van der Waals surface area contributed by atoms with Crippen LogP contribution in [0.15, 0.2) is 4.52 Å². The van der Waals surface area contributed by atoms with E-state index in [0.29, 0.717) is 43.1 Å². The molecule has 1 aromatic rings. The average Bonchev–Trinajstić information content (AvgIpc) is 3.33. The normalized spacial score (nSPS) is 20.7. The Morgan fingerprint density at radius 3 is 2.64 bits per heavy atom. The second-order valence-corrected chi connectivity index (χ2v) is 8.73. The van der Waals surface area contributed by atoms with Crippen molar-refractivity contribution in [3.63, 3.8) is 0 Å². The van der Waals surface area contributed by atoms with Crippen LogP contribution in [0.1, 0.15) is 71.0 Å². The quantitative estimate of drug-likeness (QED) is 0.715. The Morgan fingerprint density at radius 2 is 1.96 bits per heavy atom. The fraction of sp³-hybridized carbons (Fsp3) is 0.810. The number of carbonyl (C=O) groups is 2. The maximum Gasteiger partial charge on any atom is 0.226 e. The minimum absolute atomic E-state index is 0.0473. The van der Waals surface area contributed by atoms with E-state index in [1.54, 1.807) is 6.92 Å². The Hall–Kier alpha value is -1.92. The molecule has 0 N–H and O–H groups in total. The zero-order valence-electron chi connectivity index (χ0n) is 17.5. The van der Waals surface area contributed by atoms with Crippen molar-refractivity contribution < 1.29 is 14.1 Å². The van der Waals surface area contributed by atoms with Gasteiger partial charge in [-0.15, -0.1) is 0 Å². The second kappa shape index (κ2) is 9.52. The summed E-state index contributed by atoms with van der Waals surface area (Å²) in [5.74, 6) is 2.31. The van der Waals surface area contributed by atoms with Crippen molar-refractivity contribution in [1.82, 2.24) is 19.9 Å². The fourth-order valence-corrected chi connectivity index (χ4v) is 4.48. The Kier molecular flexibility index (Phi) is 7.08. The average molecular weight is 391 g/mol. The molecule has 156 valence electrons. The number of hydrogen-bond donors (Lipinski definition) is 0. The van der Waals surface area contributed by atoms with Gasteiger partial charge in [-0.1, -0.05) is 31.8 Å². The van der Waals surface area contributed by atoms with E-state index in [1.807, 2.05) is 9.80 Å². The first-order valence-electron chi connectivity index (χ1n) is 10.8. The molecule has 0 spiro atoms. The van der Waals surface area contributed by atoms with Crippen molar-refractivity contribution >= 4 is 11.8 Å². The first-order chi connectivity index (χ1) is 13.4. The highest BCUT2D eigenvalue weighted by Crippen LogP contribution is 2.28. The van der Waals surface area contributed by atoms with E-state index in [9.17, 15) is 9.59 Å². The molecule has 1 aliphatic carbocycles. The predicted molar refractivity (Wildman–Crippen MR) is 105 cm³/mol. The zero-order chi connectivity index (χ0) is 20.1. The van der Waals surface area contributed by atoms with Gasteiger partial charge >= 0.3 is 0 Å². The molecule has 28 heavy (non-hydrogen) atoms. The van der Waals surface area contributed by atoms with Crippen LogP contribution in [-0.2, 0) is 22.4 Å². The minimum Gasteiger partial charge on any atom is -0.340 e. The van der Waals surface area contributed by atoms with Crippen LogP contribution in [-0.4, -0.2) is 57.4 Å². The number of carbonyl (C=O) groups excluding carboxylic acids is 2. The van der Waals surface area contributed by atoms with Gasteiger partial charge in [0, 0.05) is 51.4 Å².